The second kappa shape index (κ2) is 4.39. The first kappa shape index (κ1) is 11.6. The number of nitrogens with zero attached hydrogens (tertiary/aromatic N) is 1. The predicted molar refractivity (Wildman–Crippen MR) is 50.0 cm³/mol. The molecule has 0 amide bonds. The zero-order valence-corrected chi connectivity index (χ0v) is 8.39. The van der Waals surface area contributed by atoms with E-state index in [1.807, 2.05) is 0 Å². The lowest BCUT2D eigenvalue weighted by atomic mass is 10.2. The van der Waals surface area contributed by atoms with Crippen LogP contribution in [0.1, 0.15) is 22.5 Å². The van der Waals surface area contributed by atoms with E-state index in [1.165, 1.54) is 0 Å². The van der Waals surface area contributed by atoms with E-state index in [1.54, 1.807) is 0 Å². The van der Waals surface area contributed by atoms with Crippen molar-refractivity contribution < 1.29 is 18.3 Å². The van der Waals surface area contributed by atoms with Crippen LogP contribution in [0, 0.1) is 0 Å². The molecule has 0 saturated carbocycles. The fourth-order valence-electron chi connectivity index (χ4n) is 0.958. The molecular weight excluding hydrogens is 230 g/mol. The number of aromatic nitrogens is 1. The maximum Gasteiger partial charge on any atom is 0.339 e. The van der Waals surface area contributed by atoms with Crippen LogP contribution in [0.15, 0.2) is 6.07 Å². The molecule has 1 rings (SSSR count). The molecule has 0 aromatic carbocycles. The van der Waals surface area contributed by atoms with Crippen molar-refractivity contribution in [3.05, 3.63) is 22.3 Å². The van der Waals surface area contributed by atoms with Crippen molar-refractivity contribution in [1.29, 1.82) is 0 Å². The Labute approximate surface area is 89.0 Å². The van der Waals surface area contributed by atoms with E-state index >= 15 is 0 Å². The molecule has 0 fully saturated rings. The molecule has 15 heavy (non-hydrogen) atoms. The number of carbonyl (C=O) groups is 1. The van der Waals surface area contributed by atoms with Gasteiger partial charge in [-0.05, 0) is 6.07 Å². The number of esters is 1. The lowest BCUT2D eigenvalue weighted by molar-refractivity contribution is 0.0587. The largest absolute Gasteiger partial charge is 0.465 e. The molecule has 1 aromatic rings. The van der Waals surface area contributed by atoms with E-state index in [2.05, 4.69) is 9.72 Å². The summed E-state index contributed by atoms with van der Waals surface area (Å²) >= 11 is 5.55. The van der Waals surface area contributed by atoms with Gasteiger partial charge in [0.2, 0.25) is 0 Å². The lowest BCUT2D eigenvalue weighted by Crippen LogP contribution is -2.10. The average molecular weight is 237 g/mol. The molecule has 0 aliphatic rings. The Morgan fingerprint density at radius 2 is 2.27 bits per heavy atom. The van der Waals surface area contributed by atoms with Gasteiger partial charge in [-0.25, -0.2) is 18.6 Å². The highest BCUT2D eigenvalue weighted by Crippen LogP contribution is 2.27. The number of nitrogen functional groups attached to an aromatic ring is 1. The van der Waals surface area contributed by atoms with Gasteiger partial charge in [0.15, 0.2) is 0 Å². The van der Waals surface area contributed by atoms with Gasteiger partial charge < -0.3 is 10.5 Å². The molecule has 0 aliphatic carbocycles. The molecule has 4 nitrogen and oxygen atoms in total. The molecule has 0 spiro atoms. The van der Waals surface area contributed by atoms with Crippen LogP contribution in [0.3, 0.4) is 0 Å². The molecule has 2 N–H and O–H groups in total. The van der Waals surface area contributed by atoms with Gasteiger partial charge in [0.05, 0.1) is 17.7 Å². The van der Waals surface area contributed by atoms with E-state index < -0.39 is 18.1 Å². The molecule has 0 bridgehead atoms. The smallest absolute Gasteiger partial charge is 0.339 e. The van der Waals surface area contributed by atoms with Gasteiger partial charge in [-0.1, -0.05) is 11.6 Å². The van der Waals surface area contributed by atoms with Crippen molar-refractivity contribution in [1.82, 2.24) is 4.98 Å². The van der Waals surface area contributed by atoms with Gasteiger partial charge in [-0.2, -0.15) is 0 Å². The van der Waals surface area contributed by atoms with Crippen LogP contribution in [0.4, 0.5) is 14.6 Å². The van der Waals surface area contributed by atoms with Crippen molar-refractivity contribution in [2.24, 2.45) is 0 Å². The Bertz CT molecular complexity index is 398. The summed E-state index contributed by atoms with van der Waals surface area (Å²) in [6.07, 6.45) is -2.92. The van der Waals surface area contributed by atoms with Crippen LogP contribution in [0.5, 0.6) is 0 Å². The van der Waals surface area contributed by atoms with Gasteiger partial charge in [-0.3, -0.25) is 0 Å². The van der Waals surface area contributed by atoms with Crippen molar-refractivity contribution in [3.8, 4) is 0 Å². The molecule has 0 atom stereocenters. The molecule has 0 saturated heterocycles. The Kier molecular flexibility index (Phi) is 3.41. The number of rotatable bonds is 2. The van der Waals surface area contributed by atoms with Crippen molar-refractivity contribution >= 4 is 23.4 Å². The summed E-state index contributed by atoms with van der Waals surface area (Å²) in [7, 11) is 1.07. The maximum absolute atomic E-state index is 12.5. The van der Waals surface area contributed by atoms with Crippen LogP contribution in [-0.4, -0.2) is 18.1 Å². The number of carbonyl (C=O) groups excluding carboxylic acids is 1. The maximum atomic E-state index is 12.5. The number of halogens is 3. The number of hydrogen-bond donors (Lipinski definition) is 1. The topological polar surface area (TPSA) is 65.2 Å². The zero-order chi connectivity index (χ0) is 11.6. The number of hydrogen-bond acceptors (Lipinski definition) is 4. The number of pyridine rings is 1. The summed E-state index contributed by atoms with van der Waals surface area (Å²) in [6.45, 7) is 0. The minimum absolute atomic E-state index is 0.0696. The Hall–Kier alpha value is -1.43. The number of nitrogens with two attached hydrogens (primary N) is 1. The van der Waals surface area contributed by atoms with Crippen LogP contribution >= 0.6 is 11.6 Å². The average Bonchev–Trinajstić information content (AvgIpc) is 2.20. The van der Waals surface area contributed by atoms with Gasteiger partial charge in [-0.15, -0.1) is 0 Å². The minimum Gasteiger partial charge on any atom is -0.465 e. The first-order chi connectivity index (χ1) is 6.97. The SMILES string of the molecule is COC(=O)c1cc(Cl)c(N)nc1C(F)F. The van der Waals surface area contributed by atoms with Crippen molar-refractivity contribution in [2.75, 3.05) is 12.8 Å². The minimum atomic E-state index is -2.92. The molecule has 82 valence electrons. The van der Waals surface area contributed by atoms with Gasteiger partial charge in [0.1, 0.15) is 11.5 Å². The molecule has 1 aromatic heterocycles. The van der Waals surface area contributed by atoms with Gasteiger partial charge in [0, 0.05) is 0 Å². The third-order valence-electron chi connectivity index (χ3n) is 1.64. The Morgan fingerprint density at radius 1 is 1.67 bits per heavy atom. The first-order valence-electron chi connectivity index (χ1n) is 3.79. The first-order valence-corrected chi connectivity index (χ1v) is 4.17. The second-order valence-corrected chi connectivity index (χ2v) is 2.99. The Morgan fingerprint density at radius 3 is 2.73 bits per heavy atom. The number of anilines is 1. The standard InChI is InChI=1S/C8H7ClF2N2O2/c1-15-8(14)3-2-4(9)7(12)13-5(3)6(10)11/h2,6H,1H3,(H2,12,13). The Balaban J connectivity index is 3.34. The van der Waals surface area contributed by atoms with Crippen LogP contribution in [0.25, 0.3) is 0 Å². The summed E-state index contributed by atoms with van der Waals surface area (Å²) in [5, 5.41) is -0.0696. The highest BCUT2D eigenvalue weighted by molar-refractivity contribution is 6.33. The molecule has 1 heterocycles. The quantitative estimate of drug-likeness (QED) is 0.798. The normalized spacial score (nSPS) is 10.5. The molecular formula is C8H7ClF2N2O2. The highest BCUT2D eigenvalue weighted by Gasteiger charge is 2.22. The lowest BCUT2D eigenvalue weighted by Gasteiger charge is -2.08. The molecule has 0 unspecified atom stereocenters. The molecule has 7 heteroatoms. The number of ether oxygens (including phenoxy) is 1. The highest BCUT2D eigenvalue weighted by atomic mass is 35.5. The summed E-state index contributed by atoms with van der Waals surface area (Å²) < 4.78 is 29.2. The monoisotopic (exact) mass is 236 g/mol. The third kappa shape index (κ3) is 2.33. The van der Waals surface area contributed by atoms with Gasteiger partial charge >= 0.3 is 5.97 Å². The zero-order valence-electron chi connectivity index (χ0n) is 7.63. The number of methoxy groups -OCH3 is 1. The van der Waals surface area contributed by atoms with Crippen molar-refractivity contribution in [2.45, 2.75) is 6.43 Å². The third-order valence-corrected chi connectivity index (χ3v) is 1.95. The van der Waals surface area contributed by atoms with E-state index in [0.717, 1.165) is 13.2 Å². The predicted octanol–water partition coefficient (Wildman–Crippen LogP) is 2.04. The summed E-state index contributed by atoms with van der Waals surface area (Å²) in [4.78, 5) is 14.4. The molecule has 0 aliphatic heterocycles. The number of alkyl halides is 2. The summed E-state index contributed by atoms with van der Waals surface area (Å²) in [6, 6.07) is 1.01. The fourth-order valence-corrected chi connectivity index (χ4v) is 1.11. The van der Waals surface area contributed by atoms with Crippen molar-refractivity contribution in [3.63, 3.8) is 0 Å². The van der Waals surface area contributed by atoms with E-state index in [0.29, 0.717) is 0 Å². The van der Waals surface area contributed by atoms with E-state index in [9.17, 15) is 13.6 Å². The summed E-state index contributed by atoms with van der Waals surface area (Å²) in [5.74, 6) is -1.18. The van der Waals surface area contributed by atoms with Crippen LogP contribution in [-0.2, 0) is 4.74 Å². The fraction of sp³-hybridized carbons (Fsp3) is 0.250. The van der Waals surface area contributed by atoms with Gasteiger partial charge in [0.25, 0.3) is 6.43 Å². The van der Waals surface area contributed by atoms with Crippen LogP contribution in [0.2, 0.25) is 5.02 Å². The van der Waals surface area contributed by atoms with E-state index in [-0.39, 0.29) is 16.4 Å². The van der Waals surface area contributed by atoms with E-state index in [4.69, 9.17) is 17.3 Å². The summed E-state index contributed by atoms with van der Waals surface area (Å²) in [5.41, 5.74) is 4.13. The molecule has 0 radical (unpaired) electrons. The second-order valence-electron chi connectivity index (χ2n) is 2.58. The van der Waals surface area contributed by atoms with Crippen LogP contribution < -0.4 is 5.73 Å².